The minimum atomic E-state index is -0.299. The van der Waals surface area contributed by atoms with Crippen molar-refractivity contribution in [2.45, 2.75) is 18.7 Å². The molecule has 24 heavy (non-hydrogen) atoms. The molecule has 0 aliphatic carbocycles. The van der Waals surface area contributed by atoms with Gasteiger partial charge in [0.05, 0.1) is 40.0 Å². The summed E-state index contributed by atoms with van der Waals surface area (Å²) in [5, 5.41) is 9.76. The van der Waals surface area contributed by atoms with E-state index in [-0.39, 0.29) is 18.8 Å². The van der Waals surface area contributed by atoms with Crippen LogP contribution in [0.5, 0.6) is 11.5 Å². The number of hydrogen-bond donors (Lipinski definition) is 2. The van der Waals surface area contributed by atoms with E-state index in [0.717, 1.165) is 17.9 Å². The van der Waals surface area contributed by atoms with Gasteiger partial charge < -0.3 is 24.3 Å². The normalized spacial score (nSPS) is 21.6. The molecule has 2 heterocycles. The molecule has 0 spiro atoms. The third kappa shape index (κ3) is 3.38. The highest BCUT2D eigenvalue weighted by Gasteiger charge is 2.34. The second-order valence-corrected chi connectivity index (χ2v) is 5.66. The second-order valence-electron chi connectivity index (χ2n) is 5.66. The third-order valence-corrected chi connectivity index (χ3v) is 4.29. The highest BCUT2D eigenvalue weighted by molar-refractivity contribution is 5.44. The average Bonchev–Trinajstić information content (AvgIpc) is 3.14. The molecule has 1 fully saturated rings. The summed E-state index contributed by atoms with van der Waals surface area (Å²) in [6.07, 6.45) is 3.25. The van der Waals surface area contributed by atoms with Gasteiger partial charge in [0.1, 0.15) is 11.9 Å². The minimum absolute atomic E-state index is 0.0480. The van der Waals surface area contributed by atoms with Gasteiger partial charge in [0.2, 0.25) is 0 Å². The van der Waals surface area contributed by atoms with Gasteiger partial charge in [-0.25, -0.2) is 4.98 Å². The van der Waals surface area contributed by atoms with Gasteiger partial charge in [-0.2, -0.15) is 0 Å². The summed E-state index contributed by atoms with van der Waals surface area (Å²) in [6.45, 7) is 1.95. The predicted molar refractivity (Wildman–Crippen MR) is 88.1 cm³/mol. The van der Waals surface area contributed by atoms with Gasteiger partial charge in [-0.15, -0.1) is 0 Å². The number of H-pyrrole nitrogens is 1. The van der Waals surface area contributed by atoms with E-state index in [9.17, 15) is 5.11 Å². The Morgan fingerprint density at radius 3 is 2.83 bits per heavy atom. The fraction of sp³-hybridized carbons (Fsp3) is 0.471. The topological polar surface area (TPSA) is 79.8 Å². The number of hydrogen-bond acceptors (Lipinski definition) is 6. The molecule has 1 aliphatic heterocycles. The van der Waals surface area contributed by atoms with Crippen molar-refractivity contribution in [1.29, 1.82) is 0 Å². The Morgan fingerprint density at radius 1 is 1.33 bits per heavy atom. The first-order valence-corrected chi connectivity index (χ1v) is 7.93. The molecule has 7 nitrogen and oxygen atoms in total. The molecule has 7 heteroatoms. The van der Waals surface area contributed by atoms with Crippen molar-refractivity contribution in [3.8, 4) is 11.5 Å². The Balaban J connectivity index is 1.92. The van der Waals surface area contributed by atoms with Crippen molar-refractivity contribution in [2.75, 3.05) is 34.0 Å². The zero-order chi connectivity index (χ0) is 16.9. The highest BCUT2D eigenvalue weighted by Crippen LogP contribution is 2.36. The minimum Gasteiger partial charge on any atom is -0.493 e. The fourth-order valence-electron chi connectivity index (χ4n) is 3.16. The van der Waals surface area contributed by atoms with Crippen LogP contribution < -0.4 is 9.47 Å². The molecule has 3 rings (SSSR count). The lowest BCUT2D eigenvalue weighted by Crippen LogP contribution is -2.46. The maximum Gasteiger partial charge on any atom is 0.161 e. The van der Waals surface area contributed by atoms with Crippen LogP contribution >= 0.6 is 0 Å². The summed E-state index contributed by atoms with van der Waals surface area (Å²) in [7, 11) is 3.23. The SMILES string of the molecule is COc1ccc([C@@H]2[C@@H](CO)OCCN2Cc2ncc[nH]2)cc1OC. The summed E-state index contributed by atoms with van der Waals surface area (Å²) in [5.41, 5.74) is 1.01. The molecule has 1 aromatic carbocycles. The third-order valence-electron chi connectivity index (χ3n) is 4.29. The molecule has 130 valence electrons. The lowest BCUT2D eigenvalue weighted by Gasteiger charge is -2.40. The van der Waals surface area contributed by atoms with E-state index >= 15 is 0 Å². The molecule has 1 aliphatic rings. The van der Waals surface area contributed by atoms with Crippen molar-refractivity contribution in [3.63, 3.8) is 0 Å². The van der Waals surface area contributed by atoms with Crippen LogP contribution in [0.15, 0.2) is 30.6 Å². The number of aliphatic hydroxyl groups excluding tert-OH is 1. The molecule has 0 radical (unpaired) electrons. The quantitative estimate of drug-likeness (QED) is 0.831. The molecule has 0 saturated carbocycles. The van der Waals surface area contributed by atoms with Crippen molar-refractivity contribution >= 4 is 0 Å². The number of benzene rings is 1. The maximum atomic E-state index is 9.76. The summed E-state index contributed by atoms with van der Waals surface area (Å²) in [6, 6.07) is 5.71. The standard InChI is InChI=1S/C17H23N3O4/c1-22-13-4-3-12(9-14(13)23-2)17-15(11-21)24-8-7-20(17)10-16-18-5-6-19-16/h3-6,9,15,17,21H,7-8,10-11H2,1-2H3,(H,18,19)/t15-,17-/m1/s1. The van der Waals surface area contributed by atoms with Crippen LogP contribution in [0.4, 0.5) is 0 Å². The van der Waals surface area contributed by atoms with E-state index in [0.29, 0.717) is 24.7 Å². The van der Waals surface area contributed by atoms with Crippen LogP contribution in [0.2, 0.25) is 0 Å². The first-order valence-electron chi connectivity index (χ1n) is 7.93. The van der Waals surface area contributed by atoms with Crippen LogP contribution in [0.1, 0.15) is 17.4 Å². The Labute approximate surface area is 141 Å². The molecule has 1 saturated heterocycles. The maximum absolute atomic E-state index is 9.76. The van der Waals surface area contributed by atoms with Crippen molar-refractivity contribution in [3.05, 3.63) is 42.0 Å². The van der Waals surface area contributed by atoms with Crippen molar-refractivity contribution in [1.82, 2.24) is 14.9 Å². The van der Waals surface area contributed by atoms with Gasteiger partial charge in [0.25, 0.3) is 0 Å². The van der Waals surface area contributed by atoms with E-state index in [4.69, 9.17) is 14.2 Å². The average molecular weight is 333 g/mol. The number of methoxy groups -OCH3 is 2. The van der Waals surface area contributed by atoms with Crippen molar-refractivity contribution < 1.29 is 19.3 Å². The van der Waals surface area contributed by atoms with Crippen LogP contribution in [0, 0.1) is 0 Å². The zero-order valence-corrected chi connectivity index (χ0v) is 13.9. The number of rotatable bonds is 6. The number of aromatic nitrogens is 2. The summed E-state index contributed by atoms with van der Waals surface area (Å²) >= 11 is 0. The van der Waals surface area contributed by atoms with Gasteiger partial charge >= 0.3 is 0 Å². The molecule has 0 amide bonds. The van der Waals surface area contributed by atoms with Gasteiger partial charge in [0.15, 0.2) is 11.5 Å². The number of aliphatic hydroxyl groups is 1. The van der Waals surface area contributed by atoms with Crippen LogP contribution in [0.25, 0.3) is 0 Å². The smallest absolute Gasteiger partial charge is 0.161 e. The monoisotopic (exact) mass is 333 g/mol. The molecule has 2 aromatic rings. The number of ether oxygens (including phenoxy) is 3. The van der Waals surface area contributed by atoms with Crippen LogP contribution in [-0.4, -0.2) is 60.1 Å². The molecule has 0 unspecified atom stereocenters. The number of aromatic amines is 1. The fourth-order valence-corrected chi connectivity index (χ4v) is 3.16. The van der Waals surface area contributed by atoms with Crippen molar-refractivity contribution in [2.24, 2.45) is 0 Å². The van der Waals surface area contributed by atoms with E-state index in [1.165, 1.54) is 0 Å². The number of nitrogens with zero attached hydrogens (tertiary/aromatic N) is 2. The molecule has 2 atom stereocenters. The summed E-state index contributed by atoms with van der Waals surface area (Å²) in [5.74, 6) is 2.23. The van der Waals surface area contributed by atoms with Gasteiger partial charge in [-0.1, -0.05) is 6.07 Å². The van der Waals surface area contributed by atoms with Crippen LogP contribution in [0.3, 0.4) is 0 Å². The lowest BCUT2D eigenvalue weighted by atomic mass is 9.97. The Hall–Kier alpha value is -2.09. The molecular weight excluding hydrogens is 310 g/mol. The summed E-state index contributed by atoms with van der Waals surface area (Å²) < 4.78 is 16.5. The lowest BCUT2D eigenvalue weighted by molar-refractivity contribution is -0.0966. The highest BCUT2D eigenvalue weighted by atomic mass is 16.5. The van der Waals surface area contributed by atoms with Crippen LogP contribution in [-0.2, 0) is 11.3 Å². The number of imidazole rings is 1. The second kappa shape index (κ2) is 7.65. The van der Waals surface area contributed by atoms with E-state index in [1.54, 1.807) is 20.4 Å². The Kier molecular flexibility index (Phi) is 5.34. The van der Waals surface area contributed by atoms with Gasteiger partial charge in [-0.05, 0) is 17.7 Å². The molecule has 0 bridgehead atoms. The zero-order valence-electron chi connectivity index (χ0n) is 13.9. The Bertz CT molecular complexity index is 647. The molecule has 2 N–H and O–H groups in total. The largest absolute Gasteiger partial charge is 0.493 e. The number of morpholine rings is 1. The number of nitrogens with one attached hydrogen (secondary N) is 1. The van der Waals surface area contributed by atoms with E-state index in [1.807, 2.05) is 24.4 Å². The first-order chi connectivity index (χ1) is 11.8. The van der Waals surface area contributed by atoms with E-state index in [2.05, 4.69) is 14.9 Å². The van der Waals surface area contributed by atoms with Gasteiger partial charge in [-0.3, -0.25) is 4.90 Å². The molecular formula is C17H23N3O4. The summed E-state index contributed by atoms with van der Waals surface area (Å²) in [4.78, 5) is 9.69. The van der Waals surface area contributed by atoms with Gasteiger partial charge in [0, 0.05) is 18.9 Å². The first kappa shape index (κ1) is 16.8. The predicted octanol–water partition coefficient (Wildman–Crippen LogP) is 1.36. The Morgan fingerprint density at radius 2 is 2.17 bits per heavy atom. The van der Waals surface area contributed by atoms with E-state index < -0.39 is 0 Å². The molecule has 1 aromatic heterocycles.